The number of fused-ring (bicyclic) bond motifs is 3. The van der Waals surface area contributed by atoms with Crippen LogP contribution in [-0.2, 0) is 27.4 Å². The minimum absolute atomic E-state index is 0.0137. The van der Waals surface area contributed by atoms with E-state index in [1.165, 1.54) is 6.33 Å². The summed E-state index contributed by atoms with van der Waals surface area (Å²) in [5.41, 5.74) is 7.71. The lowest BCUT2D eigenvalue weighted by molar-refractivity contribution is -0.143. The highest BCUT2D eigenvalue weighted by Crippen LogP contribution is 2.31. The second-order valence-electron chi connectivity index (χ2n) is 7.56. The first-order chi connectivity index (χ1) is 13.7. The molecule has 9 heteroatoms. The van der Waals surface area contributed by atoms with Crippen molar-refractivity contribution in [1.29, 1.82) is 0 Å². The van der Waals surface area contributed by atoms with E-state index in [4.69, 9.17) is 15.2 Å². The second-order valence-corrected chi connectivity index (χ2v) is 7.56. The summed E-state index contributed by atoms with van der Waals surface area (Å²) in [6.45, 7) is 7.77. The number of ether oxygens (including phenoxy) is 2. The Hall–Kier alpha value is -3.36. The number of aromatic nitrogens is 3. The summed E-state index contributed by atoms with van der Waals surface area (Å²) in [4.78, 5) is 32.4. The molecule has 0 spiro atoms. The van der Waals surface area contributed by atoms with Crippen LogP contribution in [0.15, 0.2) is 24.5 Å². The van der Waals surface area contributed by atoms with Gasteiger partial charge in [0.05, 0.1) is 17.5 Å². The molecule has 9 nitrogen and oxygen atoms in total. The molecule has 0 aliphatic rings. The highest BCUT2D eigenvalue weighted by atomic mass is 16.6. The molecule has 0 aliphatic heterocycles. The Morgan fingerprint density at radius 3 is 2.69 bits per heavy atom. The Balaban J connectivity index is 1.96. The number of carbonyl (C=O) groups is 2. The zero-order valence-corrected chi connectivity index (χ0v) is 17.0. The average molecular weight is 399 g/mol. The summed E-state index contributed by atoms with van der Waals surface area (Å²) >= 11 is 0. The molecule has 0 radical (unpaired) electrons. The number of hydrogen-bond donors (Lipinski definition) is 2. The van der Waals surface area contributed by atoms with Gasteiger partial charge >= 0.3 is 12.1 Å². The molecular formula is C20H25N5O4. The molecule has 2 heterocycles. The fraction of sp³-hybridized carbons (Fsp3) is 0.400. The van der Waals surface area contributed by atoms with Gasteiger partial charge in [0.15, 0.2) is 0 Å². The Labute approximate surface area is 168 Å². The Bertz CT molecular complexity index is 1070. The van der Waals surface area contributed by atoms with Crippen LogP contribution >= 0.6 is 0 Å². The zero-order chi connectivity index (χ0) is 21.2. The van der Waals surface area contributed by atoms with Crippen LogP contribution in [0.1, 0.15) is 33.3 Å². The molecule has 0 saturated carbocycles. The maximum Gasteiger partial charge on any atom is 0.407 e. The van der Waals surface area contributed by atoms with Gasteiger partial charge in [0, 0.05) is 11.9 Å². The van der Waals surface area contributed by atoms with Crippen molar-refractivity contribution in [3.63, 3.8) is 0 Å². The monoisotopic (exact) mass is 399 g/mol. The lowest BCUT2D eigenvalue weighted by Gasteiger charge is -2.19. The number of benzene rings is 1. The van der Waals surface area contributed by atoms with E-state index in [0.717, 1.165) is 16.5 Å². The summed E-state index contributed by atoms with van der Waals surface area (Å²) in [7, 11) is 0. The van der Waals surface area contributed by atoms with Gasteiger partial charge < -0.3 is 25.1 Å². The van der Waals surface area contributed by atoms with Crippen molar-refractivity contribution in [2.45, 2.75) is 46.4 Å². The van der Waals surface area contributed by atoms with E-state index in [2.05, 4.69) is 15.3 Å². The molecular weight excluding hydrogens is 374 g/mol. The zero-order valence-electron chi connectivity index (χ0n) is 17.0. The van der Waals surface area contributed by atoms with E-state index in [0.29, 0.717) is 23.5 Å². The number of nitrogens with zero attached hydrogens (tertiary/aromatic N) is 3. The maximum atomic E-state index is 12.1. The van der Waals surface area contributed by atoms with E-state index in [-0.39, 0.29) is 19.1 Å². The third kappa shape index (κ3) is 4.56. The van der Waals surface area contributed by atoms with Gasteiger partial charge in [-0.2, -0.15) is 0 Å². The topological polar surface area (TPSA) is 121 Å². The quantitative estimate of drug-likeness (QED) is 0.633. The van der Waals surface area contributed by atoms with Gasteiger partial charge in [-0.25, -0.2) is 14.8 Å². The van der Waals surface area contributed by atoms with Crippen LogP contribution in [0.5, 0.6) is 0 Å². The number of esters is 1. The van der Waals surface area contributed by atoms with Crippen molar-refractivity contribution >= 4 is 39.8 Å². The molecule has 3 N–H and O–H groups in total. The van der Waals surface area contributed by atoms with E-state index < -0.39 is 11.7 Å². The number of nitrogen functional groups attached to an aromatic ring is 1. The van der Waals surface area contributed by atoms with Crippen molar-refractivity contribution in [3.05, 3.63) is 30.1 Å². The molecule has 3 aromatic rings. The maximum absolute atomic E-state index is 12.1. The fourth-order valence-corrected chi connectivity index (χ4v) is 3.08. The van der Waals surface area contributed by atoms with Crippen molar-refractivity contribution < 1.29 is 19.1 Å². The predicted molar refractivity (Wildman–Crippen MR) is 109 cm³/mol. The van der Waals surface area contributed by atoms with Crippen LogP contribution < -0.4 is 11.1 Å². The fourth-order valence-electron chi connectivity index (χ4n) is 3.08. The van der Waals surface area contributed by atoms with Gasteiger partial charge in [-0.15, -0.1) is 0 Å². The van der Waals surface area contributed by atoms with E-state index in [1.54, 1.807) is 32.3 Å². The first kappa shape index (κ1) is 20.4. The third-order valence-electron chi connectivity index (χ3n) is 4.16. The van der Waals surface area contributed by atoms with Gasteiger partial charge in [-0.05, 0) is 45.4 Å². The van der Waals surface area contributed by atoms with Crippen molar-refractivity contribution in [1.82, 2.24) is 19.9 Å². The summed E-state index contributed by atoms with van der Waals surface area (Å²) in [6, 6.07) is 5.63. The van der Waals surface area contributed by atoms with E-state index >= 15 is 0 Å². The van der Waals surface area contributed by atoms with Crippen molar-refractivity contribution in [3.8, 4) is 0 Å². The molecule has 154 valence electrons. The lowest BCUT2D eigenvalue weighted by atomic mass is 10.1. The first-order valence-electron chi connectivity index (χ1n) is 9.33. The van der Waals surface area contributed by atoms with Crippen molar-refractivity contribution in [2.24, 2.45) is 0 Å². The number of nitrogens with one attached hydrogen (secondary N) is 1. The van der Waals surface area contributed by atoms with Crippen LogP contribution in [0.2, 0.25) is 0 Å². The van der Waals surface area contributed by atoms with Gasteiger partial charge in [0.25, 0.3) is 0 Å². The molecule has 1 amide bonds. The molecule has 0 unspecified atom stereocenters. The van der Waals surface area contributed by atoms with Crippen LogP contribution in [0.4, 0.5) is 10.6 Å². The Morgan fingerprint density at radius 1 is 1.24 bits per heavy atom. The standard InChI is InChI=1S/C20H25N5O4/c1-5-28-15(26)10-25-14-7-6-12(9-22-19(27)29-20(2,3)4)8-13(14)16-17(21)23-11-24-18(16)25/h6-8,11H,5,9-10H2,1-4H3,(H,22,27)(H2,21,23,24). The number of hydrogen-bond acceptors (Lipinski definition) is 7. The molecule has 0 atom stereocenters. The molecule has 0 aliphatic carbocycles. The normalized spacial score (nSPS) is 11.6. The predicted octanol–water partition coefficient (Wildman–Crippen LogP) is 2.75. The third-order valence-corrected chi connectivity index (χ3v) is 4.16. The number of nitrogens with two attached hydrogens (primary N) is 1. The average Bonchev–Trinajstić information content (AvgIpc) is 2.93. The number of amides is 1. The molecule has 3 rings (SSSR count). The molecule has 29 heavy (non-hydrogen) atoms. The van der Waals surface area contributed by atoms with Crippen LogP contribution in [0.25, 0.3) is 21.9 Å². The first-order valence-corrected chi connectivity index (χ1v) is 9.33. The van der Waals surface area contributed by atoms with Gasteiger partial charge in [-0.3, -0.25) is 4.79 Å². The summed E-state index contributed by atoms with van der Waals surface area (Å²) in [5.74, 6) is -0.0426. The van der Waals surface area contributed by atoms with Gasteiger partial charge in [-0.1, -0.05) is 6.07 Å². The highest BCUT2D eigenvalue weighted by Gasteiger charge is 2.19. The lowest BCUT2D eigenvalue weighted by Crippen LogP contribution is -2.32. The Kier molecular flexibility index (Phi) is 5.58. The molecule has 0 fully saturated rings. The summed E-state index contributed by atoms with van der Waals surface area (Å²) in [6.07, 6.45) is 0.869. The highest BCUT2D eigenvalue weighted by molar-refractivity contribution is 6.11. The van der Waals surface area contributed by atoms with Crippen LogP contribution in [0, 0.1) is 0 Å². The SMILES string of the molecule is CCOC(=O)Cn1c2ccc(CNC(=O)OC(C)(C)C)cc2c2c(N)ncnc21. The summed E-state index contributed by atoms with van der Waals surface area (Å²) < 4.78 is 12.1. The van der Waals surface area contributed by atoms with E-state index in [9.17, 15) is 9.59 Å². The van der Waals surface area contributed by atoms with Gasteiger partial charge in [0.2, 0.25) is 0 Å². The largest absolute Gasteiger partial charge is 0.465 e. The molecule has 0 saturated heterocycles. The molecule has 2 aromatic heterocycles. The molecule has 1 aromatic carbocycles. The number of anilines is 1. The second kappa shape index (κ2) is 7.94. The van der Waals surface area contributed by atoms with Crippen LogP contribution in [0.3, 0.4) is 0 Å². The number of carbonyl (C=O) groups excluding carboxylic acids is 2. The van der Waals surface area contributed by atoms with Gasteiger partial charge in [0.1, 0.15) is 29.9 Å². The smallest absolute Gasteiger partial charge is 0.407 e. The van der Waals surface area contributed by atoms with Crippen LogP contribution in [-0.4, -0.2) is 38.8 Å². The minimum Gasteiger partial charge on any atom is -0.465 e. The minimum atomic E-state index is -0.569. The Morgan fingerprint density at radius 2 is 2.00 bits per heavy atom. The van der Waals surface area contributed by atoms with Crippen molar-refractivity contribution in [2.75, 3.05) is 12.3 Å². The number of alkyl carbamates (subject to hydrolysis) is 1. The summed E-state index contributed by atoms with van der Waals surface area (Å²) in [5, 5.41) is 4.19. The number of rotatable bonds is 5. The molecule has 0 bridgehead atoms. The van der Waals surface area contributed by atoms with E-state index in [1.807, 2.05) is 18.2 Å².